The van der Waals surface area contributed by atoms with Crippen LogP contribution in [-0.2, 0) is 11.2 Å². The van der Waals surface area contributed by atoms with Gasteiger partial charge in [0, 0.05) is 30.0 Å². The molecular weight excluding hydrogens is 416 g/mol. The Balaban J connectivity index is 1.89. The molecule has 0 saturated carbocycles. The molecule has 0 bridgehead atoms. The summed E-state index contributed by atoms with van der Waals surface area (Å²) in [6, 6.07) is 8.61. The highest BCUT2D eigenvalue weighted by Crippen LogP contribution is 2.44. The molecule has 3 aromatic rings. The van der Waals surface area contributed by atoms with E-state index in [1.165, 1.54) is 13.2 Å². The number of carbonyl (C=O) groups is 1. The molecule has 0 radical (unpaired) electrons. The van der Waals surface area contributed by atoms with E-state index in [2.05, 4.69) is 10.2 Å². The normalized spacial score (nSPS) is 19.4. The second-order valence-electron chi connectivity index (χ2n) is 8.34. The van der Waals surface area contributed by atoms with E-state index in [9.17, 15) is 13.6 Å². The molecule has 8 heteroatoms. The first-order valence-corrected chi connectivity index (χ1v) is 10.4. The highest BCUT2D eigenvalue weighted by atomic mass is 19.3. The van der Waals surface area contributed by atoms with Crippen LogP contribution in [-0.4, -0.2) is 51.8 Å². The maximum absolute atomic E-state index is 14.2. The Hall–Kier alpha value is -3.26. The summed E-state index contributed by atoms with van der Waals surface area (Å²) in [5, 5.41) is 17.0. The van der Waals surface area contributed by atoms with E-state index in [4.69, 9.17) is 9.84 Å². The lowest BCUT2D eigenvalue weighted by atomic mass is 9.83. The first-order chi connectivity index (χ1) is 15.2. The van der Waals surface area contributed by atoms with Crippen LogP contribution >= 0.6 is 0 Å². The van der Waals surface area contributed by atoms with Gasteiger partial charge >= 0.3 is 5.97 Å². The van der Waals surface area contributed by atoms with Crippen LogP contribution in [0.4, 0.5) is 8.78 Å². The van der Waals surface area contributed by atoms with Crippen LogP contribution in [0, 0.1) is 0 Å². The third-order valence-electron chi connectivity index (χ3n) is 5.89. The van der Waals surface area contributed by atoms with E-state index >= 15 is 0 Å². The zero-order valence-corrected chi connectivity index (χ0v) is 18.1. The molecule has 0 fully saturated rings. The number of aromatic amines is 1. The van der Waals surface area contributed by atoms with Gasteiger partial charge in [0.25, 0.3) is 5.92 Å². The van der Waals surface area contributed by atoms with Crippen molar-refractivity contribution in [3.8, 4) is 5.75 Å². The SMILES string of the molecule is COc1cc(/C=C/C(=O)O)ccc1[C@@H]1c2ccc3[nH]ncc3c2C[C@@H](C)N1CC(C)(F)F. The molecule has 168 valence electrons. The minimum atomic E-state index is -2.87. The van der Waals surface area contributed by atoms with E-state index in [-0.39, 0.29) is 6.04 Å². The monoisotopic (exact) mass is 441 g/mol. The summed E-state index contributed by atoms with van der Waals surface area (Å²) < 4.78 is 34.1. The van der Waals surface area contributed by atoms with Crippen LogP contribution in [0.2, 0.25) is 0 Å². The molecule has 4 rings (SSSR count). The van der Waals surface area contributed by atoms with Crippen molar-refractivity contribution in [1.82, 2.24) is 15.1 Å². The average molecular weight is 441 g/mol. The van der Waals surface area contributed by atoms with Crippen molar-refractivity contribution < 1.29 is 23.4 Å². The summed E-state index contributed by atoms with van der Waals surface area (Å²) in [5.74, 6) is -3.41. The lowest BCUT2D eigenvalue weighted by molar-refractivity contribution is -0.131. The Morgan fingerprint density at radius 2 is 2.09 bits per heavy atom. The number of nitrogens with zero attached hydrogens (tertiary/aromatic N) is 2. The number of methoxy groups -OCH3 is 1. The molecule has 2 heterocycles. The Labute approximate surface area is 184 Å². The molecule has 0 unspecified atom stereocenters. The molecule has 32 heavy (non-hydrogen) atoms. The van der Waals surface area contributed by atoms with Gasteiger partial charge in [-0.05, 0) is 48.2 Å². The van der Waals surface area contributed by atoms with E-state index < -0.39 is 24.5 Å². The molecule has 0 spiro atoms. The zero-order chi connectivity index (χ0) is 23.0. The van der Waals surface area contributed by atoms with Gasteiger partial charge in [0.15, 0.2) is 0 Å². The third-order valence-corrected chi connectivity index (χ3v) is 5.89. The number of carboxylic acid groups (broad SMARTS) is 1. The number of aliphatic carboxylic acids is 1. The van der Waals surface area contributed by atoms with Crippen molar-refractivity contribution >= 4 is 22.9 Å². The second kappa shape index (κ2) is 8.35. The summed E-state index contributed by atoms with van der Waals surface area (Å²) in [6.07, 6.45) is 4.92. The standard InChI is InChI=1S/C24H25F2N3O3/c1-14-10-18-16(7-8-20-19(18)12-27-28-20)23(29(14)13-24(2,25)26)17-6-4-15(5-9-22(30)31)11-21(17)32-3/h4-9,11-12,14,23H,10,13H2,1-3H3,(H,27,28)(H,30,31)/b9-5+/t14-,23+/m1/s1. The first kappa shape index (κ1) is 22.0. The summed E-state index contributed by atoms with van der Waals surface area (Å²) in [6.45, 7) is 2.49. The molecule has 0 amide bonds. The Kier molecular flexibility index (Phi) is 5.73. The second-order valence-corrected chi connectivity index (χ2v) is 8.34. The first-order valence-electron chi connectivity index (χ1n) is 10.4. The number of hydrogen-bond donors (Lipinski definition) is 2. The Morgan fingerprint density at radius 1 is 1.34 bits per heavy atom. The van der Waals surface area contributed by atoms with E-state index in [1.807, 2.05) is 30.0 Å². The van der Waals surface area contributed by atoms with Crippen LogP contribution in [0.25, 0.3) is 17.0 Å². The molecule has 2 atom stereocenters. The number of hydrogen-bond acceptors (Lipinski definition) is 4. The minimum absolute atomic E-state index is 0.143. The molecule has 6 nitrogen and oxygen atoms in total. The molecule has 2 aromatic carbocycles. The van der Waals surface area contributed by atoms with Crippen LogP contribution in [0.1, 0.15) is 42.1 Å². The van der Waals surface area contributed by atoms with E-state index in [0.717, 1.165) is 40.6 Å². The molecule has 1 aliphatic rings. The highest BCUT2D eigenvalue weighted by molar-refractivity contribution is 5.85. The topological polar surface area (TPSA) is 78.5 Å². The summed E-state index contributed by atoms with van der Waals surface area (Å²) in [5.41, 5.74) is 4.33. The predicted octanol–water partition coefficient (Wildman–Crippen LogP) is 4.66. The molecule has 1 aliphatic heterocycles. The van der Waals surface area contributed by atoms with Gasteiger partial charge in [0.1, 0.15) is 5.75 Å². The Morgan fingerprint density at radius 3 is 2.78 bits per heavy atom. The number of H-pyrrole nitrogens is 1. The number of benzene rings is 2. The summed E-state index contributed by atoms with van der Waals surface area (Å²) in [4.78, 5) is 12.7. The van der Waals surface area contributed by atoms with Gasteiger partial charge in [-0.1, -0.05) is 18.2 Å². The van der Waals surface area contributed by atoms with Crippen molar-refractivity contribution in [1.29, 1.82) is 0 Å². The number of fused-ring (bicyclic) bond motifs is 3. The van der Waals surface area contributed by atoms with E-state index in [0.29, 0.717) is 17.7 Å². The van der Waals surface area contributed by atoms with Gasteiger partial charge in [-0.25, -0.2) is 13.6 Å². The maximum atomic E-state index is 14.2. The van der Waals surface area contributed by atoms with Gasteiger partial charge in [-0.2, -0.15) is 5.10 Å². The lowest BCUT2D eigenvalue weighted by Gasteiger charge is -2.43. The number of nitrogens with one attached hydrogen (secondary N) is 1. The van der Waals surface area contributed by atoms with Crippen LogP contribution in [0.15, 0.2) is 42.6 Å². The maximum Gasteiger partial charge on any atom is 0.328 e. The number of aromatic nitrogens is 2. The van der Waals surface area contributed by atoms with Gasteiger partial charge in [0.2, 0.25) is 0 Å². The molecule has 2 N–H and O–H groups in total. The molecule has 1 aromatic heterocycles. The van der Waals surface area contributed by atoms with Crippen molar-refractivity contribution in [3.05, 3.63) is 64.9 Å². The third kappa shape index (κ3) is 4.23. The van der Waals surface area contributed by atoms with Crippen molar-refractivity contribution in [3.63, 3.8) is 0 Å². The fourth-order valence-electron chi connectivity index (χ4n) is 4.56. The quantitative estimate of drug-likeness (QED) is 0.544. The smallest absolute Gasteiger partial charge is 0.328 e. The fraction of sp³-hybridized carbons (Fsp3) is 0.333. The van der Waals surface area contributed by atoms with Gasteiger partial charge in [-0.15, -0.1) is 0 Å². The van der Waals surface area contributed by atoms with Crippen LogP contribution < -0.4 is 4.74 Å². The van der Waals surface area contributed by atoms with E-state index in [1.54, 1.807) is 18.3 Å². The fourth-order valence-corrected chi connectivity index (χ4v) is 4.56. The van der Waals surface area contributed by atoms with Crippen molar-refractivity contribution in [2.24, 2.45) is 0 Å². The van der Waals surface area contributed by atoms with Crippen molar-refractivity contribution in [2.45, 2.75) is 38.3 Å². The number of halogens is 2. The largest absolute Gasteiger partial charge is 0.496 e. The van der Waals surface area contributed by atoms with Gasteiger partial charge < -0.3 is 9.84 Å². The molecule has 0 saturated heterocycles. The minimum Gasteiger partial charge on any atom is -0.496 e. The van der Waals surface area contributed by atoms with Crippen molar-refractivity contribution in [2.75, 3.05) is 13.7 Å². The lowest BCUT2D eigenvalue weighted by Crippen LogP contribution is -2.47. The van der Waals surface area contributed by atoms with Gasteiger partial charge in [-0.3, -0.25) is 10.00 Å². The molecular formula is C24H25F2N3O3. The molecule has 0 aliphatic carbocycles. The van der Waals surface area contributed by atoms with Crippen LogP contribution in [0.5, 0.6) is 5.75 Å². The number of carboxylic acids is 1. The number of rotatable bonds is 6. The average Bonchev–Trinajstić information content (AvgIpc) is 3.21. The predicted molar refractivity (Wildman–Crippen MR) is 118 cm³/mol. The highest BCUT2D eigenvalue weighted by Gasteiger charge is 2.39. The summed E-state index contributed by atoms with van der Waals surface area (Å²) >= 11 is 0. The Bertz CT molecular complexity index is 1180. The number of ether oxygens (including phenoxy) is 1. The van der Waals surface area contributed by atoms with Crippen LogP contribution in [0.3, 0.4) is 0 Å². The summed E-state index contributed by atoms with van der Waals surface area (Å²) in [7, 11) is 1.52. The van der Waals surface area contributed by atoms with Gasteiger partial charge in [0.05, 0.1) is 31.4 Å². The zero-order valence-electron chi connectivity index (χ0n) is 18.1. The number of alkyl halides is 2.